The van der Waals surface area contributed by atoms with Crippen LogP contribution >= 0.6 is 0 Å². The summed E-state index contributed by atoms with van der Waals surface area (Å²) in [5.41, 5.74) is 1.31. The van der Waals surface area contributed by atoms with Gasteiger partial charge in [0.2, 0.25) is 0 Å². The first-order valence-electron chi connectivity index (χ1n) is 7.80. The molecule has 2 heterocycles. The van der Waals surface area contributed by atoms with Gasteiger partial charge in [-0.05, 0) is 37.4 Å². The molecule has 114 valence electrons. The van der Waals surface area contributed by atoms with E-state index in [0.717, 1.165) is 51.3 Å². The van der Waals surface area contributed by atoms with Gasteiger partial charge in [-0.1, -0.05) is 18.2 Å². The molecule has 21 heavy (non-hydrogen) atoms. The van der Waals surface area contributed by atoms with Gasteiger partial charge >= 0.3 is 5.97 Å². The minimum atomic E-state index is -0.0629. The number of hydrogen-bond donors (Lipinski definition) is 0. The molecule has 2 aliphatic rings. The molecule has 1 saturated heterocycles. The van der Waals surface area contributed by atoms with Crippen LogP contribution in [0, 0.1) is 5.92 Å². The van der Waals surface area contributed by atoms with Crippen LogP contribution in [-0.2, 0) is 9.53 Å². The van der Waals surface area contributed by atoms with Crippen molar-refractivity contribution in [3.8, 4) is 5.75 Å². The van der Waals surface area contributed by atoms with Gasteiger partial charge in [0.05, 0.1) is 19.6 Å². The lowest BCUT2D eigenvalue weighted by Crippen LogP contribution is -2.41. The van der Waals surface area contributed by atoms with Gasteiger partial charge < -0.3 is 14.4 Å². The Morgan fingerprint density at radius 3 is 3.10 bits per heavy atom. The van der Waals surface area contributed by atoms with Gasteiger partial charge in [0.15, 0.2) is 0 Å². The second kappa shape index (κ2) is 6.48. The first-order valence-corrected chi connectivity index (χ1v) is 7.80. The van der Waals surface area contributed by atoms with Gasteiger partial charge in [0.1, 0.15) is 5.75 Å². The third kappa shape index (κ3) is 3.21. The fourth-order valence-electron chi connectivity index (χ4n) is 3.50. The Hall–Kier alpha value is -1.55. The van der Waals surface area contributed by atoms with Gasteiger partial charge in [-0.15, -0.1) is 0 Å². The molecule has 0 amide bonds. The number of likely N-dealkylation sites (tertiary alicyclic amines) is 1. The second-order valence-electron chi connectivity index (χ2n) is 5.99. The molecular formula is C17H23NO3. The van der Waals surface area contributed by atoms with Crippen LogP contribution in [-0.4, -0.2) is 44.2 Å². The molecule has 0 spiro atoms. The molecule has 4 heteroatoms. The highest BCUT2D eigenvalue weighted by molar-refractivity contribution is 5.72. The topological polar surface area (TPSA) is 38.8 Å². The summed E-state index contributed by atoms with van der Waals surface area (Å²) < 4.78 is 10.6. The van der Waals surface area contributed by atoms with Crippen molar-refractivity contribution in [2.45, 2.75) is 25.2 Å². The number of piperidine rings is 1. The third-order valence-corrected chi connectivity index (χ3v) is 4.60. The number of para-hydroxylation sites is 1. The van der Waals surface area contributed by atoms with Crippen LogP contribution in [0.2, 0.25) is 0 Å². The predicted octanol–water partition coefficient (Wildman–Crippen LogP) is 2.44. The first-order chi connectivity index (χ1) is 10.3. The van der Waals surface area contributed by atoms with Crippen LogP contribution < -0.4 is 4.74 Å². The number of nitrogens with zero attached hydrogens (tertiary/aromatic N) is 1. The molecule has 4 nitrogen and oxygen atoms in total. The number of carbonyl (C=O) groups is 1. The van der Waals surface area contributed by atoms with E-state index in [2.05, 4.69) is 23.1 Å². The molecule has 1 fully saturated rings. The highest BCUT2D eigenvalue weighted by Crippen LogP contribution is 2.34. The van der Waals surface area contributed by atoms with Crippen molar-refractivity contribution in [3.63, 3.8) is 0 Å². The van der Waals surface area contributed by atoms with E-state index in [1.807, 2.05) is 6.07 Å². The largest absolute Gasteiger partial charge is 0.493 e. The zero-order chi connectivity index (χ0) is 14.7. The molecule has 2 atom stereocenters. The average molecular weight is 289 g/mol. The Bertz CT molecular complexity index is 503. The lowest BCUT2D eigenvalue weighted by molar-refractivity contribution is -0.147. The molecule has 0 saturated carbocycles. The molecule has 1 aromatic rings. The molecule has 0 radical (unpaired) electrons. The van der Waals surface area contributed by atoms with E-state index < -0.39 is 0 Å². The van der Waals surface area contributed by atoms with Crippen LogP contribution in [0.4, 0.5) is 0 Å². The number of ether oxygens (including phenoxy) is 2. The maximum Gasteiger partial charge on any atom is 0.309 e. The molecule has 2 aliphatic heterocycles. The molecule has 3 rings (SSSR count). The SMILES string of the molecule is COC(=O)[C@H]1CCCN(CC2CCOc3ccccc32)C1. The van der Waals surface area contributed by atoms with Crippen LogP contribution in [0.25, 0.3) is 0 Å². The van der Waals surface area contributed by atoms with Crippen LogP contribution in [0.5, 0.6) is 5.75 Å². The van der Waals surface area contributed by atoms with E-state index in [0.29, 0.717) is 5.92 Å². The summed E-state index contributed by atoms with van der Waals surface area (Å²) in [6.45, 7) is 3.70. The number of fused-ring (bicyclic) bond motifs is 1. The Morgan fingerprint density at radius 2 is 2.24 bits per heavy atom. The Morgan fingerprint density at radius 1 is 1.38 bits per heavy atom. The van der Waals surface area contributed by atoms with Crippen molar-refractivity contribution < 1.29 is 14.3 Å². The average Bonchev–Trinajstić information content (AvgIpc) is 2.55. The fourth-order valence-corrected chi connectivity index (χ4v) is 3.50. The maximum absolute atomic E-state index is 11.7. The number of rotatable bonds is 3. The standard InChI is InChI=1S/C17H23NO3/c1-20-17(19)14-5-4-9-18(12-14)11-13-8-10-21-16-7-3-2-6-15(13)16/h2-3,6-7,13-14H,4-5,8-12H2,1H3/t13?,14-/m0/s1. The Kier molecular flexibility index (Phi) is 4.44. The van der Waals surface area contributed by atoms with E-state index in [4.69, 9.17) is 9.47 Å². The third-order valence-electron chi connectivity index (χ3n) is 4.60. The summed E-state index contributed by atoms with van der Waals surface area (Å²) in [7, 11) is 1.48. The van der Waals surface area contributed by atoms with Gasteiger partial charge in [-0.2, -0.15) is 0 Å². The van der Waals surface area contributed by atoms with Crippen molar-refractivity contribution in [2.24, 2.45) is 5.92 Å². The van der Waals surface area contributed by atoms with Crippen molar-refractivity contribution in [1.82, 2.24) is 4.90 Å². The van der Waals surface area contributed by atoms with Crippen molar-refractivity contribution in [2.75, 3.05) is 33.4 Å². The maximum atomic E-state index is 11.7. The van der Waals surface area contributed by atoms with Gasteiger partial charge in [0, 0.05) is 19.0 Å². The lowest BCUT2D eigenvalue weighted by Gasteiger charge is -2.35. The normalized spacial score (nSPS) is 25.8. The summed E-state index contributed by atoms with van der Waals surface area (Å²) in [6, 6.07) is 8.32. The number of benzene rings is 1. The number of hydrogen-bond acceptors (Lipinski definition) is 4. The second-order valence-corrected chi connectivity index (χ2v) is 5.99. The smallest absolute Gasteiger partial charge is 0.309 e. The highest BCUT2D eigenvalue weighted by Gasteiger charge is 2.29. The predicted molar refractivity (Wildman–Crippen MR) is 80.5 cm³/mol. The molecular weight excluding hydrogens is 266 g/mol. The lowest BCUT2D eigenvalue weighted by atomic mass is 9.90. The van der Waals surface area contributed by atoms with E-state index in [1.54, 1.807) is 0 Å². The van der Waals surface area contributed by atoms with Crippen molar-refractivity contribution in [1.29, 1.82) is 0 Å². The van der Waals surface area contributed by atoms with E-state index in [1.165, 1.54) is 12.7 Å². The van der Waals surface area contributed by atoms with Gasteiger partial charge in [-0.25, -0.2) is 0 Å². The molecule has 1 aromatic carbocycles. The van der Waals surface area contributed by atoms with Crippen molar-refractivity contribution >= 4 is 5.97 Å². The fraction of sp³-hybridized carbons (Fsp3) is 0.588. The van der Waals surface area contributed by atoms with E-state index in [-0.39, 0.29) is 11.9 Å². The van der Waals surface area contributed by atoms with E-state index in [9.17, 15) is 4.79 Å². The molecule has 0 bridgehead atoms. The number of carbonyl (C=O) groups excluding carboxylic acids is 1. The molecule has 0 aromatic heterocycles. The van der Waals surface area contributed by atoms with E-state index >= 15 is 0 Å². The summed E-state index contributed by atoms with van der Waals surface area (Å²) in [6.07, 6.45) is 3.08. The quantitative estimate of drug-likeness (QED) is 0.801. The molecule has 1 unspecified atom stereocenters. The first kappa shape index (κ1) is 14.4. The summed E-state index contributed by atoms with van der Waals surface area (Å²) in [5.74, 6) is 1.51. The van der Waals surface area contributed by atoms with Crippen LogP contribution in [0.15, 0.2) is 24.3 Å². The minimum absolute atomic E-state index is 0.0406. The summed E-state index contributed by atoms with van der Waals surface area (Å²) >= 11 is 0. The van der Waals surface area contributed by atoms with Gasteiger partial charge in [0.25, 0.3) is 0 Å². The number of methoxy groups -OCH3 is 1. The highest BCUT2D eigenvalue weighted by atomic mass is 16.5. The van der Waals surface area contributed by atoms with Crippen LogP contribution in [0.3, 0.4) is 0 Å². The summed E-state index contributed by atoms with van der Waals surface area (Å²) in [5, 5.41) is 0. The zero-order valence-corrected chi connectivity index (χ0v) is 12.6. The Balaban J connectivity index is 1.66. The van der Waals surface area contributed by atoms with Crippen molar-refractivity contribution in [3.05, 3.63) is 29.8 Å². The van der Waals surface area contributed by atoms with Gasteiger partial charge in [-0.3, -0.25) is 4.79 Å². The van der Waals surface area contributed by atoms with Crippen LogP contribution in [0.1, 0.15) is 30.7 Å². The molecule has 0 aliphatic carbocycles. The monoisotopic (exact) mass is 289 g/mol. The number of esters is 1. The zero-order valence-electron chi connectivity index (χ0n) is 12.6. The molecule has 0 N–H and O–H groups in total. The minimum Gasteiger partial charge on any atom is -0.493 e. The Labute approximate surface area is 126 Å². The summed E-state index contributed by atoms with van der Waals surface area (Å²) in [4.78, 5) is 14.1.